The molecule has 158 valence electrons. The van der Waals surface area contributed by atoms with E-state index in [1.807, 2.05) is 33.3 Å². The van der Waals surface area contributed by atoms with Crippen molar-refractivity contribution < 1.29 is 4.79 Å². The fourth-order valence-corrected chi connectivity index (χ4v) is 3.90. The highest BCUT2D eigenvalue weighted by atomic mass is 16.1. The van der Waals surface area contributed by atoms with E-state index >= 15 is 0 Å². The largest absolute Gasteiger partial charge is 0.371 e. The molecular weight excluding hydrogens is 358 g/mol. The van der Waals surface area contributed by atoms with Gasteiger partial charge in [-0.2, -0.15) is 0 Å². The van der Waals surface area contributed by atoms with Crippen molar-refractivity contribution in [2.45, 2.75) is 39.2 Å². The highest BCUT2D eigenvalue weighted by Crippen LogP contribution is 2.29. The van der Waals surface area contributed by atoms with Gasteiger partial charge in [-0.25, -0.2) is 0 Å². The number of ketones is 1. The molecule has 0 fully saturated rings. The molecule has 0 saturated carbocycles. The van der Waals surface area contributed by atoms with Crippen LogP contribution in [0.2, 0.25) is 0 Å². The average molecular weight is 396 g/mol. The number of nitrogens with one attached hydrogen (secondary N) is 1. The highest BCUT2D eigenvalue weighted by Gasteiger charge is 2.39. The Morgan fingerprint density at radius 3 is 2.10 bits per heavy atom. The van der Waals surface area contributed by atoms with Gasteiger partial charge in [0.15, 0.2) is 5.78 Å². The maximum Gasteiger partial charge on any atom is 0.183 e. The van der Waals surface area contributed by atoms with Crippen LogP contribution in [-0.2, 0) is 6.42 Å². The van der Waals surface area contributed by atoms with Gasteiger partial charge in [0.1, 0.15) is 0 Å². The van der Waals surface area contributed by atoms with Crippen LogP contribution in [-0.4, -0.2) is 57.0 Å². The number of aryl methyl sites for hydroxylation is 1. The molecule has 1 atom stereocenters. The first-order valence-corrected chi connectivity index (χ1v) is 10.6. The third kappa shape index (κ3) is 5.46. The number of anilines is 1. The van der Waals surface area contributed by atoms with Crippen LogP contribution in [0.15, 0.2) is 48.5 Å². The van der Waals surface area contributed by atoms with Gasteiger partial charge < -0.3 is 10.2 Å². The van der Waals surface area contributed by atoms with Crippen LogP contribution in [0.5, 0.6) is 0 Å². The number of carbonyl (C=O) groups is 1. The van der Waals surface area contributed by atoms with Crippen molar-refractivity contribution in [2.24, 2.45) is 0 Å². The molecule has 0 aromatic heterocycles. The molecule has 0 saturated heterocycles. The molecule has 2 rings (SSSR count). The lowest BCUT2D eigenvalue weighted by molar-refractivity contribution is 0.0666. The molecule has 0 aliphatic heterocycles. The molecule has 29 heavy (non-hydrogen) atoms. The van der Waals surface area contributed by atoms with Gasteiger partial charge in [0.25, 0.3) is 0 Å². The number of hydrogen-bond acceptors (Lipinski definition) is 4. The monoisotopic (exact) mass is 395 g/mol. The number of nitrogens with zero attached hydrogens (tertiary/aromatic N) is 2. The Bertz CT molecular complexity index is 768. The zero-order valence-corrected chi connectivity index (χ0v) is 19.0. The van der Waals surface area contributed by atoms with Crippen molar-refractivity contribution in [3.05, 3.63) is 65.2 Å². The molecule has 2 aromatic rings. The number of hydrogen-bond donors (Lipinski definition) is 1. The lowest BCUT2D eigenvalue weighted by atomic mass is 9.80. The number of carbonyl (C=O) groups excluding carboxylic acids is 1. The van der Waals surface area contributed by atoms with Gasteiger partial charge in [-0.15, -0.1) is 0 Å². The molecule has 0 aliphatic rings. The van der Waals surface area contributed by atoms with Crippen LogP contribution in [0.25, 0.3) is 0 Å². The second-order valence-corrected chi connectivity index (χ2v) is 8.00. The van der Waals surface area contributed by atoms with E-state index in [-0.39, 0.29) is 5.78 Å². The second-order valence-electron chi connectivity index (χ2n) is 8.00. The van der Waals surface area contributed by atoms with Crippen molar-refractivity contribution in [2.75, 3.05) is 45.7 Å². The summed E-state index contributed by atoms with van der Waals surface area (Å²) in [5, 5.41) is 3.20. The summed E-state index contributed by atoms with van der Waals surface area (Å²) < 4.78 is 0. The molecule has 4 heteroatoms. The Hall–Kier alpha value is -2.17. The number of benzene rings is 2. The van der Waals surface area contributed by atoms with Gasteiger partial charge in [0, 0.05) is 30.9 Å². The van der Waals surface area contributed by atoms with Crippen molar-refractivity contribution in [3.8, 4) is 0 Å². The minimum atomic E-state index is -0.548. The molecule has 0 amide bonds. The molecule has 1 N–H and O–H groups in total. The van der Waals surface area contributed by atoms with Crippen LogP contribution in [0.3, 0.4) is 0 Å². The van der Waals surface area contributed by atoms with E-state index in [0.717, 1.165) is 37.3 Å². The summed E-state index contributed by atoms with van der Waals surface area (Å²) in [4.78, 5) is 18.1. The smallest absolute Gasteiger partial charge is 0.183 e. The van der Waals surface area contributed by atoms with Gasteiger partial charge in [-0.1, -0.05) is 36.8 Å². The number of Topliss-reactive ketones (excluding diaryl/α,β-unsaturated/α-hetero) is 1. The molecule has 0 heterocycles. The predicted octanol–water partition coefficient (Wildman–Crippen LogP) is 4.18. The molecule has 2 aromatic carbocycles. The van der Waals surface area contributed by atoms with Crippen LogP contribution < -0.4 is 10.2 Å². The Kier molecular flexibility index (Phi) is 8.42. The van der Waals surface area contributed by atoms with E-state index in [4.69, 9.17) is 0 Å². The summed E-state index contributed by atoms with van der Waals surface area (Å²) in [7, 11) is 6.00. The number of likely N-dealkylation sites (N-methyl/N-ethyl adjacent to an activating group) is 3. The quantitative estimate of drug-likeness (QED) is 0.579. The van der Waals surface area contributed by atoms with Crippen molar-refractivity contribution >= 4 is 11.5 Å². The lowest BCUT2D eigenvalue weighted by Crippen LogP contribution is -2.52. The van der Waals surface area contributed by atoms with Gasteiger partial charge >= 0.3 is 0 Å². The highest BCUT2D eigenvalue weighted by molar-refractivity contribution is 6.03. The van der Waals surface area contributed by atoms with Crippen LogP contribution in [0.1, 0.15) is 41.8 Å². The van der Waals surface area contributed by atoms with Crippen molar-refractivity contribution in [1.82, 2.24) is 10.2 Å². The maximum absolute atomic E-state index is 13.7. The first-order chi connectivity index (χ1) is 13.9. The van der Waals surface area contributed by atoms with Gasteiger partial charge in [-0.05, 0) is 77.7 Å². The lowest BCUT2D eigenvalue weighted by Gasteiger charge is -2.38. The normalized spacial score (nSPS) is 13.3. The first-order valence-electron chi connectivity index (χ1n) is 10.6. The molecule has 0 bridgehead atoms. The molecule has 4 nitrogen and oxygen atoms in total. The van der Waals surface area contributed by atoms with Crippen molar-refractivity contribution in [3.63, 3.8) is 0 Å². The van der Waals surface area contributed by atoms with Crippen LogP contribution in [0.4, 0.5) is 5.69 Å². The SMILES string of the molecule is CCN(CCNC)c1ccc(C(=O)C(CC)(Cc2ccc(C)cc2)N(C)C)cc1. The maximum atomic E-state index is 13.7. The number of rotatable bonds is 11. The fraction of sp³-hybridized carbons (Fsp3) is 0.480. The van der Waals surface area contributed by atoms with Crippen LogP contribution >= 0.6 is 0 Å². The fourth-order valence-electron chi connectivity index (χ4n) is 3.90. The minimum absolute atomic E-state index is 0.190. The summed E-state index contributed by atoms with van der Waals surface area (Å²) in [5.74, 6) is 0.190. The summed E-state index contributed by atoms with van der Waals surface area (Å²) >= 11 is 0. The van der Waals surface area contributed by atoms with E-state index in [2.05, 4.69) is 72.3 Å². The van der Waals surface area contributed by atoms with Gasteiger partial charge in [-0.3, -0.25) is 9.69 Å². The molecule has 0 spiro atoms. The summed E-state index contributed by atoms with van der Waals surface area (Å²) in [6.07, 6.45) is 1.47. The third-order valence-corrected chi connectivity index (χ3v) is 5.99. The minimum Gasteiger partial charge on any atom is -0.371 e. The zero-order valence-electron chi connectivity index (χ0n) is 19.0. The Morgan fingerprint density at radius 1 is 1.00 bits per heavy atom. The molecule has 0 aliphatic carbocycles. The first kappa shape index (κ1) is 23.1. The molecule has 1 unspecified atom stereocenters. The van der Waals surface area contributed by atoms with E-state index in [1.165, 1.54) is 11.1 Å². The third-order valence-electron chi connectivity index (χ3n) is 5.99. The Balaban J connectivity index is 2.30. The van der Waals surface area contributed by atoms with E-state index in [0.29, 0.717) is 6.42 Å². The Morgan fingerprint density at radius 2 is 1.62 bits per heavy atom. The zero-order chi connectivity index (χ0) is 21.4. The average Bonchev–Trinajstić information content (AvgIpc) is 2.73. The molecule has 0 radical (unpaired) electrons. The van der Waals surface area contributed by atoms with Gasteiger partial charge in [0.2, 0.25) is 0 Å². The Labute approximate surface area is 176 Å². The summed E-state index contributed by atoms with van der Waals surface area (Å²) in [5.41, 5.74) is 3.82. The van der Waals surface area contributed by atoms with E-state index in [9.17, 15) is 4.79 Å². The van der Waals surface area contributed by atoms with Gasteiger partial charge in [0.05, 0.1) is 5.54 Å². The predicted molar refractivity (Wildman–Crippen MR) is 124 cm³/mol. The standard InChI is InChI=1S/C25H37N3O/c1-7-25(27(5)6,19-21-11-9-20(3)10-12-21)24(29)22-13-15-23(16-14-22)28(8-2)18-17-26-4/h9-16,26H,7-8,17-19H2,1-6H3. The second kappa shape index (κ2) is 10.6. The summed E-state index contributed by atoms with van der Waals surface area (Å²) in [6.45, 7) is 9.18. The van der Waals surface area contributed by atoms with E-state index < -0.39 is 5.54 Å². The van der Waals surface area contributed by atoms with Crippen LogP contribution in [0, 0.1) is 6.92 Å². The van der Waals surface area contributed by atoms with E-state index in [1.54, 1.807) is 0 Å². The summed E-state index contributed by atoms with van der Waals surface area (Å²) in [6, 6.07) is 16.7. The topological polar surface area (TPSA) is 35.6 Å². The van der Waals surface area contributed by atoms with Crippen molar-refractivity contribution in [1.29, 1.82) is 0 Å². The molecular formula is C25H37N3O.